The van der Waals surface area contributed by atoms with Crippen LogP contribution < -0.4 is 4.74 Å². The molecule has 0 amide bonds. The number of carbonyl (C=O) groups is 2. The molecule has 0 saturated carbocycles. The maximum atomic E-state index is 10.8. The molecule has 7 heteroatoms. The van der Waals surface area contributed by atoms with Gasteiger partial charge in [-0.15, -0.1) is 0 Å². The van der Waals surface area contributed by atoms with Crippen molar-refractivity contribution in [2.45, 2.75) is 25.7 Å². The highest BCUT2D eigenvalue weighted by atomic mass is 16.6. The van der Waals surface area contributed by atoms with Gasteiger partial charge in [0.05, 0.1) is 17.1 Å². The number of aliphatic carboxylic acids is 1. The molecule has 0 radical (unpaired) electrons. The molecule has 0 saturated heterocycles. The predicted octanol–water partition coefficient (Wildman–Crippen LogP) is 2.43. The summed E-state index contributed by atoms with van der Waals surface area (Å²) in [5, 5.41) is 19.0. The summed E-state index contributed by atoms with van der Waals surface area (Å²) in [6, 6.07) is 3.82. The highest BCUT2D eigenvalue weighted by Crippen LogP contribution is 2.23. The van der Waals surface area contributed by atoms with Gasteiger partial charge in [-0.25, -0.2) is 0 Å². The van der Waals surface area contributed by atoms with E-state index in [1.807, 2.05) is 0 Å². The number of unbranched alkanes of at least 4 members (excludes halogenated alkanes) is 2. The molecule has 0 aromatic heterocycles. The Labute approximate surface area is 115 Å². The lowest BCUT2D eigenvalue weighted by Gasteiger charge is -2.07. The van der Waals surface area contributed by atoms with Crippen molar-refractivity contribution in [2.24, 2.45) is 0 Å². The number of carboxylic acids is 1. The van der Waals surface area contributed by atoms with Gasteiger partial charge in [-0.3, -0.25) is 19.7 Å². The summed E-state index contributed by atoms with van der Waals surface area (Å²) >= 11 is 0. The molecular weight excluding hydrogens is 266 g/mol. The number of non-ortho nitro benzene ring substituents is 1. The van der Waals surface area contributed by atoms with Gasteiger partial charge in [0.25, 0.3) is 5.69 Å². The van der Waals surface area contributed by atoms with Crippen LogP contribution in [0.2, 0.25) is 0 Å². The number of carbonyl (C=O) groups excluding carboxylic acids is 1. The number of aldehydes is 1. The Kier molecular flexibility index (Phi) is 6.15. The Balaban J connectivity index is 2.45. The molecule has 0 aliphatic rings. The molecule has 0 fully saturated rings. The summed E-state index contributed by atoms with van der Waals surface area (Å²) in [7, 11) is 0. The lowest BCUT2D eigenvalue weighted by atomic mass is 10.2. The Bertz CT molecular complexity index is 500. The fraction of sp³-hybridized carbons (Fsp3) is 0.385. The van der Waals surface area contributed by atoms with Gasteiger partial charge >= 0.3 is 5.97 Å². The molecule has 1 aromatic carbocycles. The third-order valence-corrected chi connectivity index (χ3v) is 2.62. The van der Waals surface area contributed by atoms with E-state index in [1.54, 1.807) is 0 Å². The largest absolute Gasteiger partial charge is 0.493 e. The third-order valence-electron chi connectivity index (χ3n) is 2.62. The molecule has 1 aromatic rings. The number of carboxylic acid groups (broad SMARTS) is 1. The van der Waals surface area contributed by atoms with E-state index in [4.69, 9.17) is 9.84 Å². The highest BCUT2D eigenvalue weighted by molar-refractivity contribution is 5.80. The molecule has 0 atom stereocenters. The summed E-state index contributed by atoms with van der Waals surface area (Å²) < 4.78 is 5.37. The number of nitrogens with zero attached hydrogens (tertiary/aromatic N) is 1. The first-order chi connectivity index (χ1) is 9.54. The summed E-state index contributed by atoms with van der Waals surface area (Å²) in [4.78, 5) is 31.1. The van der Waals surface area contributed by atoms with E-state index in [1.165, 1.54) is 12.1 Å². The lowest BCUT2D eigenvalue weighted by Crippen LogP contribution is -2.01. The molecule has 1 N–H and O–H groups in total. The van der Waals surface area contributed by atoms with Crippen molar-refractivity contribution < 1.29 is 24.4 Å². The second kappa shape index (κ2) is 7.88. The standard InChI is InChI=1S/C13H15NO6/c15-9-10-8-11(14(18)19)5-6-12(10)20-7-3-1-2-4-13(16)17/h5-6,8-9H,1-4,7H2,(H,16,17). The van der Waals surface area contributed by atoms with Crippen molar-refractivity contribution in [1.29, 1.82) is 0 Å². The van der Waals surface area contributed by atoms with Crippen molar-refractivity contribution in [3.8, 4) is 5.75 Å². The quantitative estimate of drug-likeness (QED) is 0.322. The number of rotatable bonds is 9. The van der Waals surface area contributed by atoms with Crippen LogP contribution in [-0.2, 0) is 4.79 Å². The number of ether oxygens (including phenoxy) is 1. The van der Waals surface area contributed by atoms with Crippen LogP contribution in [-0.4, -0.2) is 28.9 Å². The van der Waals surface area contributed by atoms with Crippen molar-refractivity contribution in [1.82, 2.24) is 0 Å². The van der Waals surface area contributed by atoms with Gasteiger partial charge in [-0.2, -0.15) is 0 Å². The van der Waals surface area contributed by atoms with E-state index in [0.29, 0.717) is 37.9 Å². The van der Waals surface area contributed by atoms with Crippen molar-refractivity contribution in [3.63, 3.8) is 0 Å². The summed E-state index contributed by atoms with van der Waals surface area (Å²) in [5.74, 6) is -0.534. The molecular formula is C13H15NO6. The first-order valence-electron chi connectivity index (χ1n) is 6.13. The van der Waals surface area contributed by atoms with E-state index in [0.717, 1.165) is 6.07 Å². The SMILES string of the molecule is O=Cc1cc([N+](=O)[O-])ccc1OCCCCCC(=O)O. The molecule has 1 rings (SSSR count). The molecule has 0 bridgehead atoms. The molecule has 20 heavy (non-hydrogen) atoms. The van der Waals surface area contributed by atoms with E-state index < -0.39 is 10.9 Å². The van der Waals surface area contributed by atoms with E-state index in [2.05, 4.69) is 0 Å². The summed E-state index contributed by atoms with van der Waals surface area (Å²) in [6.07, 6.45) is 2.56. The third kappa shape index (κ3) is 5.05. The van der Waals surface area contributed by atoms with Gasteiger partial charge in [-0.1, -0.05) is 0 Å². The van der Waals surface area contributed by atoms with E-state index >= 15 is 0 Å². The van der Waals surface area contributed by atoms with Crippen molar-refractivity contribution >= 4 is 17.9 Å². The molecule has 7 nitrogen and oxygen atoms in total. The van der Waals surface area contributed by atoms with Gasteiger partial charge in [0.1, 0.15) is 5.75 Å². The Morgan fingerprint density at radius 3 is 2.70 bits per heavy atom. The second-order valence-corrected chi connectivity index (χ2v) is 4.15. The number of nitro benzene ring substituents is 1. The van der Waals surface area contributed by atoms with E-state index in [-0.39, 0.29) is 17.7 Å². The second-order valence-electron chi connectivity index (χ2n) is 4.15. The molecule has 0 unspecified atom stereocenters. The Morgan fingerprint density at radius 2 is 2.10 bits per heavy atom. The monoisotopic (exact) mass is 281 g/mol. The minimum absolute atomic E-state index is 0.122. The maximum absolute atomic E-state index is 10.8. The van der Waals surface area contributed by atoms with Gasteiger partial charge in [0, 0.05) is 18.6 Å². The molecule has 0 aliphatic carbocycles. The summed E-state index contributed by atoms with van der Waals surface area (Å²) in [5.41, 5.74) is -0.0364. The fourth-order valence-electron chi connectivity index (χ4n) is 1.61. The zero-order chi connectivity index (χ0) is 15.0. The van der Waals surface area contributed by atoms with Gasteiger partial charge in [0.15, 0.2) is 6.29 Å². The fourth-order valence-corrected chi connectivity index (χ4v) is 1.61. The number of benzene rings is 1. The first-order valence-corrected chi connectivity index (χ1v) is 6.13. The minimum atomic E-state index is -0.829. The first kappa shape index (κ1) is 15.6. The highest BCUT2D eigenvalue weighted by Gasteiger charge is 2.11. The summed E-state index contributed by atoms with van der Waals surface area (Å²) in [6.45, 7) is 0.332. The number of nitro groups is 1. The van der Waals surface area contributed by atoms with Crippen LogP contribution >= 0.6 is 0 Å². The van der Waals surface area contributed by atoms with Gasteiger partial charge < -0.3 is 9.84 Å². The lowest BCUT2D eigenvalue weighted by molar-refractivity contribution is -0.384. The van der Waals surface area contributed by atoms with E-state index in [9.17, 15) is 19.7 Å². The average molecular weight is 281 g/mol. The van der Waals surface area contributed by atoms with Crippen LogP contribution in [0.25, 0.3) is 0 Å². The topological polar surface area (TPSA) is 107 Å². The van der Waals surface area contributed by atoms with Crippen LogP contribution in [0.15, 0.2) is 18.2 Å². The average Bonchev–Trinajstić information content (AvgIpc) is 2.42. The van der Waals surface area contributed by atoms with Crippen molar-refractivity contribution in [2.75, 3.05) is 6.61 Å². The normalized spacial score (nSPS) is 10.0. The molecule has 0 spiro atoms. The van der Waals surface area contributed by atoms with Crippen LogP contribution in [0.4, 0.5) is 5.69 Å². The minimum Gasteiger partial charge on any atom is -0.493 e. The maximum Gasteiger partial charge on any atom is 0.303 e. The van der Waals surface area contributed by atoms with Gasteiger partial charge in [-0.05, 0) is 25.3 Å². The molecule has 108 valence electrons. The molecule has 0 heterocycles. The van der Waals surface area contributed by atoms with Gasteiger partial charge in [0.2, 0.25) is 0 Å². The Morgan fingerprint density at radius 1 is 1.35 bits per heavy atom. The van der Waals surface area contributed by atoms with Crippen LogP contribution in [0.1, 0.15) is 36.0 Å². The smallest absolute Gasteiger partial charge is 0.303 e. The van der Waals surface area contributed by atoms with Crippen LogP contribution in [0, 0.1) is 10.1 Å². The van der Waals surface area contributed by atoms with Crippen LogP contribution in [0.3, 0.4) is 0 Å². The zero-order valence-electron chi connectivity index (χ0n) is 10.8. The Hall–Kier alpha value is -2.44. The number of hydrogen-bond donors (Lipinski definition) is 1. The predicted molar refractivity (Wildman–Crippen MR) is 70.1 cm³/mol. The molecule has 0 aliphatic heterocycles. The van der Waals surface area contributed by atoms with Crippen molar-refractivity contribution in [3.05, 3.63) is 33.9 Å². The number of hydrogen-bond acceptors (Lipinski definition) is 5. The van der Waals surface area contributed by atoms with Crippen LogP contribution in [0.5, 0.6) is 5.75 Å². The zero-order valence-corrected chi connectivity index (χ0v) is 10.8.